The third-order valence-corrected chi connectivity index (χ3v) is 2.24. The molecule has 0 spiro atoms. The van der Waals surface area contributed by atoms with E-state index in [2.05, 4.69) is 13.8 Å². The Balaban J connectivity index is 3.15. The van der Waals surface area contributed by atoms with Gasteiger partial charge in [-0.15, -0.1) is 0 Å². The third kappa shape index (κ3) is 8.48. The summed E-state index contributed by atoms with van der Waals surface area (Å²) < 4.78 is 10.6. The summed E-state index contributed by atoms with van der Waals surface area (Å²) in [5.41, 5.74) is 0. The van der Waals surface area contributed by atoms with Gasteiger partial charge in [0.15, 0.2) is 0 Å². The molecule has 0 aromatic rings. The molecule has 0 saturated heterocycles. The van der Waals surface area contributed by atoms with E-state index in [9.17, 15) is 0 Å². The Morgan fingerprint density at radius 1 is 1.07 bits per heavy atom. The molecule has 3 nitrogen and oxygen atoms in total. The van der Waals surface area contributed by atoms with E-state index in [0.717, 1.165) is 6.61 Å². The maximum Gasteiger partial charge on any atom is 0.0701 e. The molecule has 0 aliphatic carbocycles. The van der Waals surface area contributed by atoms with Crippen LogP contribution >= 0.6 is 0 Å². The van der Waals surface area contributed by atoms with Crippen LogP contribution in [0.4, 0.5) is 0 Å². The topological polar surface area (TPSA) is 38.7 Å². The molecule has 0 aliphatic heterocycles. The molecule has 0 bridgehead atoms. The number of rotatable bonds is 10. The van der Waals surface area contributed by atoms with Crippen molar-refractivity contribution >= 4 is 0 Å². The van der Waals surface area contributed by atoms with E-state index in [4.69, 9.17) is 14.6 Å². The van der Waals surface area contributed by atoms with Crippen molar-refractivity contribution in [1.82, 2.24) is 0 Å². The quantitative estimate of drug-likeness (QED) is 0.552. The van der Waals surface area contributed by atoms with Crippen molar-refractivity contribution < 1.29 is 14.6 Å². The molecule has 86 valence electrons. The predicted molar refractivity (Wildman–Crippen MR) is 57.4 cm³/mol. The van der Waals surface area contributed by atoms with Crippen molar-refractivity contribution in [2.45, 2.75) is 33.1 Å². The van der Waals surface area contributed by atoms with E-state index in [1.54, 1.807) is 0 Å². The van der Waals surface area contributed by atoms with Gasteiger partial charge in [0, 0.05) is 6.61 Å². The number of hydrogen-bond acceptors (Lipinski definition) is 3. The zero-order valence-corrected chi connectivity index (χ0v) is 9.50. The van der Waals surface area contributed by atoms with Crippen LogP contribution in [0, 0.1) is 5.92 Å². The molecule has 0 rings (SSSR count). The Kier molecular flexibility index (Phi) is 10.9. The highest BCUT2D eigenvalue weighted by atomic mass is 16.5. The van der Waals surface area contributed by atoms with Crippen LogP contribution in [0.15, 0.2) is 0 Å². The van der Waals surface area contributed by atoms with Crippen molar-refractivity contribution in [3.05, 3.63) is 0 Å². The zero-order valence-electron chi connectivity index (χ0n) is 9.50. The Labute approximate surface area is 87.4 Å². The van der Waals surface area contributed by atoms with Crippen LogP contribution < -0.4 is 0 Å². The Morgan fingerprint density at radius 3 is 2.36 bits per heavy atom. The lowest BCUT2D eigenvalue weighted by atomic mass is 10.0. The second-order valence-corrected chi connectivity index (χ2v) is 3.47. The highest BCUT2D eigenvalue weighted by Gasteiger charge is 2.04. The molecule has 1 atom stereocenters. The number of aliphatic hydroxyl groups is 1. The molecular formula is C11H24O3. The molecule has 0 aromatic carbocycles. The average Bonchev–Trinajstić information content (AvgIpc) is 2.21. The van der Waals surface area contributed by atoms with Gasteiger partial charge in [-0.1, -0.05) is 26.7 Å². The van der Waals surface area contributed by atoms with Crippen molar-refractivity contribution in [3.8, 4) is 0 Å². The minimum absolute atomic E-state index is 0.0907. The van der Waals surface area contributed by atoms with E-state index in [1.807, 2.05) is 0 Å². The third-order valence-electron chi connectivity index (χ3n) is 2.24. The molecule has 0 amide bonds. The first kappa shape index (κ1) is 13.9. The lowest BCUT2D eigenvalue weighted by Crippen LogP contribution is -2.13. The standard InChI is InChI=1S/C11H24O3/c1-3-5-11(4-2)10-14-9-8-13-7-6-12/h11-12H,3-10H2,1-2H3. The predicted octanol–water partition coefficient (Wildman–Crippen LogP) is 1.84. The van der Waals surface area contributed by atoms with Gasteiger partial charge in [0.1, 0.15) is 0 Å². The van der Waals surface area contributed by atoms with Gasteiger partial charge in [0.25, 0.3) is 0 Å². The van der Waals surface area contributed by atoms with Crippen LogP contribution in [-0.2, 0) is 9.47 Å². The summed E-state index contributed by atoms with van der Waals surface area (Å²) in [5.74, 6) is 0.692. The second kappa shape index (κ2) is 11.0. The summed E-state index contributed by atoms with van der Waals surface area (Å²) in [6.45, 7) is 6.97. The number of hydrogen-bond donors (Lipinski definition) is 1. The molecule has 14 heavy (non-hydrogen) atoms. The normalized spacial score (nSPS) is 13.1. The SMILES string of the molecule is CCCC(CC)COCCOCCO. The summed E-state index contributed by atoms with van der Waals surface area (Å²) in [4.78, 5) is 0. The van der Waals surface area contributed by atoms with Crippen LogP contribution in [0.3, 0.4) is 0 Å². The van der Waals surface area contributed by atoms with Gasteiger partial charge in [0.2, 0.25) is 0 Å². The van der Waals surface area contributed by atoms with Gasteiger partial charge in [-0.3, -0.25) is 0 Å². The Bertz CT molecular complexity index is 107. The highest BCUT2D eigenvalue weighted by molar-refractivity contribution is 4.54. The van der Waals surface area contributed by atoms with Crippen LogP contribution in [0.5, 0.6) is 0 Å². The van der Waals surface area contributed by atoms with Crippen molar-refractivity contribution in [2.75, 3.05) is 33.0 Å². The first-order valence-corrected chi connectivity index (χ1v) is 5.61. The Morgan fingerprint density at radius 2 is 1.79 bits per heavy atom. The van der Waals surface area contributed by atoms with Gasteiger partial charge in [-0.25, -0.2) is 0 Å². The van der Waals surface area contributed by atoms with E-state index in [1.165, 1.54) is 19.3 Å². The minimum Gasteiger partial charge on any atom is -0.394 e. The average molecular weight is 204 g/mol. The molecule has 0 heterocycles. The van der Waals surface area contributed by atoms with E-state index in [-0.39, 0.29) is 6.61 Å². The minimum atomic E-state index is 0.0907. The summed E-state index contributed by atoms with van der Waals surface area (Å²) >= 11 is 0. The fraction of sp³-hybridized carbons (Fsp3) is 1.00. The van der Waals surface area contributed by atoms with Crippen LogP contribution in [0.25, 0.3) is 0 Å². The molecule has 0 saturated carbocycles. The van der Waals surface area contributed by atoms with E-state index in [0.29, 0.717) is 25.7 Å². The molecule has 0 aliphatic rings. The van der Waals surface area contributed by atoms with Crippen molar-refractivity contribution in [3.63, 3.8) is 0 Å². The molecule has 0 aromatic heterocycles. The number of ether oxygens (including phenoxy) is 2. The monoisotopic (exact) mass is 204 g/mol. The first-order chi connectivity index (χ1) is 6.85. The largest absolute Gasteiger partial charge is 0.394 e. The second-order valence-electron chi connectivity index (χ2n) is 3.47. The highest BCUT2D eigenvalue weighted by Crippen LogP contribution is 2.10. The Hall–Kier alpha value is -0.120. The smallest absolute Gasteiger partial charge is 0.0701 e. The zero-order chi connectivity index (χ0) is 10.6. The summed E-state index contributed by atoms with van der Waals surface area (Å²) in [7, 11) is 0. The van der Waals surface area contributed by atoms with Crippen LogP contribution in [-0.4, -0.2) is 38.1 Å². The first-order valence-electron chi connectivity index (χ1n) is 5.61. The maximum atomic E-state index is 8.45. The van der Waals surface area contributed by atoms with E-state index >= 15 is 0 Å². The fourth-order valence-corrected chi connectivity index (χ4v) is 1.35. The molecule has 0 fully saturated rings. The van der Waals surface area contributed by atoms with Gasteiger partial charge in [-0.05, 0) is 12.3 Å². The van der Waals surface area contributed by atoms with Gasteiger partial charge in [-0.2, -0.15) is 0 Å². The van der Waals surface area contributed by atoms with Crippen LogP contribution in [0.1, 0.15) is 33.1 Å². The molecule has 3 heteroatoms. The molecule has 1 N–H and O–H groups in total. The molecule has 1 unspecified atom stereocenters. The van der Waals surface area contributed by atoms with Gasteiger partial charge < -0.3 is 14.6 Å². The molecular weight excluding hydrogens is 180 g/mol. The summed E-state index contributed by atoms with van der Waals surface area (Å²) in [6.07, 6.45) is 3.65. The van der Waals surface area contributed by atoms with Crippen molar-refractivity contribution in [2.24, 2.45) is 5.92 Å². The van der Waals surface area contributed by atoms with E-state index < -0.39 is 0 Å². The maximum absolute atomic E-state index is 8.45. The fourth-order valence-electron chi connectivity index (χ4n) is 1.35. The lowest BCUT2D eigenvalue weighted by molar-refractivity contribution is 0.0205. The van der Waals surface area contributed by atoms with Crippen LogP contribution in [0.2, 0.25) is 0 Å². The van der Waals surface area contributed by atoms with Gasteiger partial charge in [0.05, 0.1) is 26.4 Å². The summed E-state index contributed by atoms with van der Waals surface area (Å²) in [6, 6.07) is 0. The molecule has 0 radical (unpaired) electrons. The lowest BCUT2D eigenvalue weighted by Gasteiger charge is -2.13. The number of aliphatic hydroxyl groups excluding tert-OH is 1. The van der Waals surface area contributed by atoms with Gasteiger partial charge >= 0.3 is 0 Å². The van der Waals surface area contributed by atoms with Crippen molar-refractivity contribution in [1.29, 1.82) is 0 Å². The summed E-state index contributed by atoms with van der Waals surface area (Å²) in [5, 5.41) is 8.45.